The summed E-state index contributed by atoms with van der Waals surface area (Å²) in [6.45, 7) is 1.96. The van der Waals surface area contributed by atoms with Gasteiger partial charge in [0, 0.05) is 16.6 Å². The molecule has 1 amide bonds. The van der Waals surface area contributed by atoms with Crippen molar-refractivity contribution in [3.8, 4) is 5.75 Å². The maximum Gasteiger partial charge on any atom is 0.224 e. The molecule has 0 spiro atoms. The number of aryl methyl sites for hydroxylation is 2. The van der Waals surface area contributed by atoms with E-state index in [1.807, 2.05) is 25.1 Å². The molecular weight excluding hydrogens is 349 g/mol. The summed E-state index contributed by atoms with van der Waals surface area (Å²) in [5.74, 6) is -0.305. The van der Waals surface area contributed by atoms with E-state index in [2.05, 4.69) is 21.2 Å². The quantitative estimate of drug-likeness (QED) is 0.848. The number of benzene rings is 2. The molecule has 116 valence electrons. The first-order valence-corrected chi connectivity index (χ1v) is 7.67. The molecule has 0 aliphatic heterocycles. The molecular formula is C17H17BrFNO2. The van der Waals surface area contributed by atoms with Crippen molar-refractivity contribution in [3.63, 3.8) is 0 Å². The second kappa shape index (κ2) is 7.40. The zero-order valence-electron chi connectivity index (χ0n) is 12.5. The number of anilines is 1. The van der Waals surface area contributed by atoms with E-state index < -0.39 is 5.82 Å². The second-order valence-electron chi connectivity index (χ2n) is 4.98. The standard InChI is InChI=1S/C17H17BrFNO2/c1-11-9-13(5-6-14(11)18)20-17(21)8-4-12-3-7-16(22-2)15(19)10-12/h3,5-7,9-10H,4,8H2,1-2H3,(H,20,21). The SMILES string of the molecule is COc1ccc(CCC(=O)Nc2ccc(Br)c(C)c2)cc1F. The minimum absolute atomic E-state index is 0.0991. The Kier molecular flexibility index (Phi) is 5.55. The molecule has 0 aliphatic carbocycles. The molecule has 0 atom stereocenters. The van der Waals surface area contributed by atoms with E-state index in [1.165, 1.54) is 13.2 Å². The summed E-state index contributed by atoms with van der Waals surface area (Å²) in [5.41, 5.74) is 2.57. The third-order valence-corrected chi connectivity index (χ3v) is 4.19. The highest BCUT2D eigenvalue weighted by atomic mass is 79.9. The zero-order valence-corrected chi connectivity index (χ0v) is 14.0. The fourth-order valence-electron chi connectivity index (χ4n) is 2.07. The first kappa shape index (κ1) is 16.5. The van der Waals surface area contributed by atoms with E-state index in [1.54, 1.807) is 12.1 Å². The maximum absolute atomic E-state index is 13.6. The lowest BCUT2D eigenvalue weighted by atomic mass is 10.1. The molecule has 2 aromatic carbocycles. The third-order valence-electron chi connectivity index (χ3n) is 3.30. The summed E-state index contributed by atoms with van der Waals surface area (Å²) < 4.78 is 19.4. The minimum Gasteiger partial charge on any atom is -0.494 e. The molecule has 0 aromatic heterocycles. The van der Waals surface area contributed by atoms with Gasteiger partial charge in [0.05, 0.1) is 7.11 Å². The van der Waals surface area contributed by atoms with Gasteiger partial charge in [0.25, 0.3) is 0 Å². The van der Waals surface area contributed by atoms with Crippen LogP contribution in [0.1, 0.15) is 17.5 Å². The van der Waals surface area contributed by atoms with Crippen molar-refractivity contribution in [1.29, 1.82) is 0 Å². The lowest BCUT2D eigenvalue weighted by Gasteiger charge is -2.08. The third kappa shape index (κ3) is 4.31. The molecule has 0 saturated carbocycles. The van der Waals surface area contributed by atoms with Crippen molar-refractivity contribution in [2.45, 2.75) is 19.8 Å². The number of amides is 1. The number of halogens is 2. The molecule has 0 heterocycles. The van der Waals surface area contributed by atoms with Gasteiger partial charge in [0.1, 0.15) is 0 Å². The van der Waals surface area contributed by atoms with Gasteiger partial charge in [-0.05, 0) is 54.8 Å². The number of ether oxygens (including phenoxy) is 1. The lowest BCUT2D eigenvalue weighted by molar-refractivity contribution is -0.116. The highest BCUT2D eigenvalue weighted by molar-refractivity contribution is 9.10. The lowest BCUT2D eigenvalue weighted by Crippen LogP contribution is -2.12. The van der Waals surface area contributed by atoms with Crippen LogP contribution < -0.4 is 10.1 Å². The van der Waals surface area contributed by atoms with Crippen LogP contribution in [0, 0.1) is 12.7 Å². The van der Waals surface area contributed by atoms with Crippen molar-refractivity contribution >= 4 is 27.5 Å². The van der Waals surface area contributed by atoms with Crippen molar-refractivity contribution < 1.29 is 13.9 Å². The highest BCUT2D eigenvalue weighted by Crippen LogP contribution is 2.21. The van der Waals surface area contributed by atoms with Gasteiger partial charge < -0.3 is 10.1 Å². The van der Waals surface area contributed by atoms with Gasteiger partial charge in [-0.2, -0.15) is 0 Å². The normalized spacial score (nSPS) is 10.4. The van der Waals surface area contributed by atoms with E-state index in [9.17, 15) is 9.18 Å². The summed E-state index contributed by atoms with van der Waals surface area (Å²) in [5, 5.41) is 2.84. The molecule has 0 saturated heterocycles. The molecule has 1 N–H and O–H groups in total. The van der Waals surface area contributed by atoms with E-state index in [-0.39, 0.29) is 11.7 Å². The van der Waals surface area contributed by atoms with Crippen LogP contribution in [-0.4, -0.2) is 13.0 Å². The number of carbonyl (C=O) groups excluding carboxylic acids is 1. The van der Waals surface area contributed by atoms with Crippen LogP contribution in [-0.2, 0) is 11.2 Å². The fourth-order valence-corrected chi connectivity index (χ4v) is 2.32. The first-order chi connectivity index (χ1) is 10.5. The molecule has 5 heteroatoms. The van der Waals surface area contributed by atoms with Gasteiger partial charge in [-0.3, -0.25) is 4.79 Å². The smallest absolute Gasteiger partial charge is 0.224 e. The van der Waals surface area contributed by atoms with Gasteiger partial charge in [-0.25, -0.2) is 4.39 Å². The van der Waals surface area contributed by atoms with Crippen LogP contribution in [0.3, 0.4) is 0 Å². The number of carbonyl (C=O) groups is 1. The predicted octanol–water partition coefficient (Wildman–Crippen LogP) is 4.48. The first-order valence-electron chi connectivity index (χ1n) is 6.88. The Labute approximate surface area is 137 Å². The Morgan fingerprint density at radius 3 is 2.68 bits per heavy atom. The van der Waals surface area contributed by atoms with E-state index in [0.29, 0.717) is 12.8 Å². The fraction of sp³-hybridized carbons (Fsp3) is 0.235. The molecule has 2 aromatic rings. The van der Waals surface area contributed by atoms with Gasteiger partial charge in [-0.1, -0.05) is 22.0 Å². The monoisotopic (exact) mass is 365 g/mol. The number of hydrogen-bond acceptors (Lipinski definition) is 2. The molecule has 0 radical (unpaired) electrons. The van der Waals surface area contributed by atoms with Gasteiger partial charge in [0.2, 0.25) is 5.91 Å². The summed E-state index contributed by atoms with van der Waals surface area (Å²) >= 11 is 3.42. The van der Waals surface area contributed by atoms with Gasteiger partial charge >= 0.3 is 0 Å². The second-order valence-corrected chi connectivity index (χ2v) is 5.84. The van der Waals surface area contributed by atoms with E-state index >= 15 is 0 Å². The Hall–Kier alpha value is -1.88. The molecule has 0 unspecified atom stereocenters. The van der Waals surface area contributed by atoms with Crippen molar-refractivity contribution in [3.05, 3.63) is 57.8 Å². The van der Waals surface area contributed by atoms with Crippen LogP contribution in [0.2, 0.25) is 0 Å². The Morgan fingerprint density at radius 2 is 2.05 bits per heavy atom. The van der Waals surface area contributed by atoms with Crippen LogP contribution in [0.25, 0.3) is 0 Å². The number of methoxy groups -OCH3 is 1. The number of nitrogens with one attached hydrogen (secondary N) is 1. The Bertz CT molecular complexity index is 688. The van der Waals surface area contributed by atoms with Crippen LogP contribution in [0.4, 0.5) is 10.1 Å². The molecule has 0 bridgehead atoms. The highest BCUT2D eigenvalue weighted by Gasteiger charge is 2.07. The zero-order chi connectivity index (χ0) is 16.1. The largest absolute Gasteiger partial charge is 0.494 e. The topological polar surface area (TPSA) is 38.3 Å². The molecule has 2 rings (SSSR count). The Morgan fingerprint density at radius 1 is 1.27 bits per heavy atom. The number of rotatable bonds is 5. The van der Waals surface area contributed by atoms with Gasteiger partial charge in [0.15, 0.2) is 11.6 Å². The van der Waals surface area contributed by atoms with E-state index in [0.717, 1.165) is 21.3 Å². The molecule has 22 heavy (non-hydrogen) atoms. The van der Waals surface area contributed by atoms with Crippen LogP contribution in [0.15, 0.2) is 40.9 Å². The summed E-state index contributed by atoms with van der Waals surface area (Å²) in [6.07, 6.45) is 0.767. The van der Waals surface area contributed by atoms with E-state index in [4.69, 9.17) is 4.74 Å². The molecule has 3 nitrogen and oxygen atoms in total. The number of hydrogen-bond donors (Lipinski definition) is 1. The van der Waals surface area contributed by atoms with Crippen molar-refractivity contribution in [1.82, 2.24) is 0 Å². The predicted molar refractivity (Wildman–Crippen MR) is 88.8 cm³/mol. The van der Waals surface area contributed by atoms with Crippen LogP contribution in [0.5, 0.6) is 5.75 Å². The molecule has 0 fully saturated rings. The molecule has 0 aliphatic rings. The average Bonchev–Trinajstić information content (AvgIpc) is 2.49. The van der Waals surface area contributed by atoms with Crippen molar-refractivity contribution in [2.75, 3.05) is 12.4 Å². The average molecular weight is 366 g/mol. The summed E-state index contributed by atoms with van der Waals surface area (Å²) in [6, 6.07) is 10.4. The Balaban J connectivity index is 1.92. The maximum atomic E-state index is 13.6. The summed E-state index contributed by atoms with van der Waals surface area (Å²) in [4.78, 5) is 11.9. The minimum atomic E-state index is -0.413. The van der Waals surface area contributed by atoms with Crippen LogP contribution >= 0.6 is 15.9 Å². The summed E-state index contributed by atoms with van der Waals surface area (Å²) in [7, 11) is 1.42. The van der Waals surface area contributed by atoms with Gasteiger partial charge in [-0.15, -0.1) is 0 Å². The van der Waals surface area contributed by atoms with Crippen molar-refractivity contribution in [2.24, 2.45) is 0 Å².